The molecule has 0 bridgehead atoms. The van der Waals surface area contributed by atoms with E-state index in [1.807, 2.05) is 17.9 Å². The summed E-state index contributed by atoms with van der Waals surface area (Å²) in [4.78, 5) is 16.3. The van der Waals surface area contributed by atoms with Crippen molar-refractivity contribution in [3.8, 4) is 0 Å². The molecule has 1 amide bonds. The fourth-order valence-corrected chi connectivity index (χ4v) is 2.46. The number of piperazine rings is 1. The van der Waals surface area contributed by atoms with Gasteiger partial charge in [-0.1, -0.05) is 5.16 Å². The van der Waals surface area contributed by atoms with E-state index in [0.717, 1.165) is 44.2 Å². The van der Waals surface area contributed by atoms with E-state index in [9.17, 15) is 4.79 Å². The quantitative estimate of drug-likeness (QED) is 0.800. The van der Waals surface area contributed by atoms with Crippen molar-refractivity contribution in [2.45, 2.75) is 26.0 Å². The molecule has 0 aromatic carbocycles. The van der Waals surface area contributed by atoms with Gasteiger partial charge in [0.25, 0.3) is 0 Å². The molecule has 2 rings (SSSR count). The number of hydrogen-bond acceptors (Lipinski definition) is 6. The molecule has 9 heteroatoms. The third kappa shape index (κ3) is 6.64. The number of aryl methyl sites for hydroxylation is 1. The Bertz CT molecular complexity index is 461. The van der Waals surface area contributed by atoms with Gasteiger partial charge in [-0.05, 0) is 6.92 Å². The molecule has 0 aliphatic carbocycles. The number of hydrogen-bond donors (Lipinski definition) is 1. The third-order valence-electron chi connectivity index (χ3n) is 3.79. The van der Waals surface area contributed by atoms with E-state index in [4.69, 9.17) is 15.0 Å². The van der Waals surface area contributed by atoms with Crippen molar-refractivity contribution >= 4 is 30.7 Å². The van der Waals surface area contributed by atoms with Crippen LogP contribution in [0.5, 0.6) is 0 Å². The monoisotopic (exact) mass is 368 g/mol. The highest BCUT2D eigenvalue weighted by Gasteiger charge is 2.23. The van der Waals surface area contributed by atoms with Crippen LogP contribution in [0.25, 0.3) is 0 Å². The van der Waals surface area contributed by atoms with Gasteiger partial charge in [-0.2, -0.15) is 0 Å². The maximum absolute atomic E-state index is 12.1. The van der Waals surface area contributed by atoms with Gasteiger partial charge in [0.2, 0.25) is 5.91 Å². The van der Waals surface area contributed by atoms with Crippen LogP contribution in [-0.2, 0) is 16.1 Å². The van der Waals surface area contributed by atoms with Gasteiger partial charge < -0.3 is 19.9 Å². The second-order valence-corrected chi connectivity index (χ2v) is 5.38. The summed E-state index contributed by atoms with van der Waals surface area (Å²) in [6.07, 6.45) is 0.170. The Morgan fingerprint density at radius 3 is 2.52 bits per heavy atom. The summed E-state index contributed by atoms with van der Waals surface area (Å²) in [5.74, 6) is 0.940. The predicted octanol–water partition coefficient (Wildman–Crippen LogP) is 0.835. The van der Waals surface area contributed by atoms with E-state index < -0.39 is 0 Å². The standard InChI is InChI=1S/C14H24N4O3.2ClH/c1-11-7-12(16-21-11)10-17-3-5-18(6-4-17)14(19)8-13(9-15)20-2;;/h7,13H,3-6,8-10,15H2,1-2H3;2*1H. The highest BCUT2D eigenvalue weighted by atomic mass is 35.5. The number of nitrogens with two attached hydrogens (primary N) is 1. The first kappa shape index (κ1) is 22.1. The Morgan fingerprint density at radius 2 is 2.04 bits per heavy atom. The van der Waals surface area contributed by atoms with Gasteiger partial charge in [-0.25, -0.2) is 0 Å². The number of aromatic nitrogens is 1. The van der Waals surface area contributed by atoms with Crippen LogP contribution < -0.4 is 5.73 Å². The average Bonchev–Trinajstić information content (AvgIpc) is 2.90. The fourth-order valence-electron chi connectivity index (χ4n) is 2.46. The van der Waals surface area contributed by atoms with Crippen molar-refractivity contribution in [1.29, 1.82) is 0 Å². The minimum absolute atomic E-state index is 0. The molecule has 0 saturated carbocycles. The summed E-state index contributed by atoms with van der Waals surface area (Å²) in [6.45, 7) is 6.18. The average molecular weight is 369 g/mol. The molecule has 0 spiro atoms. The Balaban J connectivity index is 0.00000242. The van der Waals surface area contributed by atoms with Crippen LogP contribution in [0.4, 0.5) is 0 Å². The minimum Gasteiger partial charge on any atom is -0.380 e. The molecule has 1 atom stereocenters. The molecule has 1 aromatic heterocycles. The first-order chi connectivity index (χ1) is 10.1. The smallest absolute Gasteiger partial charge is 0.225 e. The SMILES string of the molecule is COC(CN)CC(=O)N1CCN(Cc2cc(C)on2)CC1.Cl.Cl. The summed E-state index contributed by atoms with van der Waals surface area (Å²) in [5, 5.41) is 4.00. The predicted molar refractivity (Wildman–Crippen MR) is 92.1 cm³/mol. The van der Waals surface area contributed by atoms with Gasteiger partial charge in [0.1, 0.15) is 5.76 Å². The number of halogens is 2. The Kier molecular flexibility index (Phi) is 10.4. The van der Waals surface area contributed by atoms with Crippen LogP contribution in [0.3, 0.4) is 0 Å². The van der Waals surface area contributed by atoms with Gasteiger partial charge in [0.05, 0.1) is 18.2 Å². The van der Waals surface area contributed by atoms with Crippen LogP contribution in [0, 0.1) is 6.92 Å². The molecule has 23 heavy (non-hydrogen) atoms. The number of amides is 1. The number of methoxy groups -OCH3 is 1. The van der Waals surface area contributed by atoms with Crippen molar-refractivity contribution in [3.05, 3.63) is 17.5 Å². The molecule has 1 fully saturated rings. The topological polar surface area (TPSA) is 84.8 Å². The van der Waals surface area contributed by atoms with Crippen LogP contribution in [0.1, 0.15) is 17.9 Å². The fraction of sp³-hybridized carbons (Fsp3) is 0.714. The van der Waals surface area contributed by atoms with E-state index in [1.54, 1.807) is 7.11 Å². The molecule has 1 aromatic rings. The van der Waals surface area contributed by atoms with Gasteiger partial charge in [-0.3, -0.25) is 9.69 Å². The van der Waals surface area contributed by atoms with Gasteiger partial charge in [-0.15, -0.1) is 24.8 Å². The molecule has 7 nitrogen and oxygen atoms in total. The van der Waals surface area contributed by atoms with Crippen molar-refractivity contribution in [2.24, 2.45) is 5.73 Å². The largest absolute Gasteiger partial charge is 0.380 e. The maximum atomic E-state index is 12.1. The zero-order valence-electron chi connectivity index (χ0n) is 13.6. The van der Waals surface area contributed by atoms with Gasteiger partial charge >= 0.3 is 0 Å². The Hall–Kier alpha value is -0.860. The van der Waals surface area contributed by atoms with Crippen molar-refractivity contribution < 1.29 is 14.1 Å². The number of ether oxygens (including phenoxy) is 1. The Labute approximate surface area is 149 Å². The zero-order valence-corrected chi connectivity index (χ0v) is 15.2. The molecule has 1 saturated heterocycles. The lowest BCUT2D eigenvalue weighted by molar-refractivity contribution is -0.135. The summed E-state index contributed by atoms with van der Waals surface area (Å²) < 4.78 is 10.2. The lowest BCUT2D eigenvalue weighted by Gasteiger charge is -2.34. The number of rotatable bonds is 6. The van der Waals surface area contributed by atoms with Crippen molar-refractivity contribution in [3.63, 3.8) is 0 Å². The lowest BCUT2D eigenvalue weighted by Crippen LogP contribution is -2.49. The van der Waals surface area contributed by atoms with Crippen LogP contribution >= 0.6 is 24.8 Å². The second kappa shape index (κ2) is 10.8. The van der Waals surface area contributed by atoms with Gasteiger partial charge in [0, 0.05) is 52.4 Å². The summed E-state index contributed by atoms with van der Waals surface area (Å²) in [6, 6.07) is 1.95. The van der Waals surface area contributed by atoms with E-state index in [0.29, 0.717) is 13.0 Å². The summed E-state index contributed by atoms with van der Waals surface area (Å²) in [7, 11) is 1.59. The minimum atomic E-state index is -0.186. The van der Waals surface area contributed by atoms with E-state index in [1.165, 1.54) is 0 Å². The number of carbonyl (C=O) groups excluding carboxylic acids is 1. The molecule has 1 unspecified atom stereocenters. The molecule has 2 N–H and O–H groups in total. The van der Waals surface area contributed by atoms with Crippen molar-refractivity contribution in [1.82, 2.24) is 15.0 Å². The second-order valence-electron chi connectivity index (χ2n) is 5.38. The van der Waals surface area contributed by atoms with Gasteiger partial charge in [0.15, 0.2) is 0 Å². The molecule has 0 radical (unpaired) electrons. The first-order valence-corrected chi connectivity index (χ1v) is 7.27. The highest BCUT2D eigenvalue weighted by Crippen LogP contribution is 2.10. The van der Waals surface area contributed by atoms with Crippen LogP contribution in [-0.4, -0.2) is 66.8 Å². The maximum Gasteiger partial charge on any atom is 0.225 e. The number of nitrogens with zero attached hydrogens (tertiary/aromatic N) is 3. The van der Waals surface area contributed by atoms with Crippen molar-refractivity contribution in [2.75, 3.05) is 39.8 Å². The zero-order chi connectivity index (χ0) is 15.2. The van der Waals surface area contributed by atoms with E-state index in [-0.39, 0.29) is 36.8 Å². The van der Waals surface area contributed by atoms with Crippen LogP contribution in [0.15, 0.2) is 10.6 Å². The third-order valence-corrected chi connectivity index (χ3v) is 3.79. The molecular formula is C14H26Cl2N4O3. The van der Waals surface area contributed by atoms with E-state index in [2.05, 4.69) is 10.1 Å². The summed E-state index contributed by atoms with van der Waals surface area (Å²) >= 11 is 0. The molecular weight excluding hydrogens is 343 g/mol. The Morgan fingerprint density at radius 1 is 1.39 bits per heavy atom. The molecule has 2 heterocycles. The lowest BCUT2D eigenvalue weighted by atomic mass is 10.2. The normalized spacial score (nSPS) is 16.4. The number of carbonyl (C=O) groups is 1. The molecule has 1 aliphatic rings. The molecule has 1 aliphatic heterocycles. The highest BCUT2D eigenvalue weighted by molar-refractivity contribution is 5.85. The van der Waals surface area contributed by atoms with E-state index >= 15 is 0 Å². The van der Waals surface area contributed by atoms with Crippen LogP contribution in [0.2, 0.25) is 0 Å². The molecule has 134 valence electrons. The first-order valence-electron chi connectivity index (χ1n) is 7.27. The summed E-state index contributed by atoms with van der Waals surface area (Å²) in [5.41, 5.74) is 6.49.